The number of aryl methyl sites for hydroxylation is 1. The Hall–Kier alpha value is -3.15. The van der Waals surface area contributed by atoms with E-state index in [1.54, 1.807) is 0 Å². The van der Waals surface area contributed by atoms with Crippen LogP contribution in [0.3, 0.4) is 0 Å². The molecule has 0 radical (unpaired) electrons. The van der Waals surface area contributed by atoms with Crippen molar-refractivity contribution in [1.82, 2.24) is 15.0 Å². The van der Waals surface area contributed by atoms with Crippen molar-refractivity contribution in [1.29, 1.82) is 0 Å². The molecule has 5 rings (SSSR count). The van der Waals surface area contributed by atoms with Crippen LogP contribution in [0, 0.1) is 6.92 Å². The summed E-state index contributed by atoms with van der Waals surface area (Å²) in [6, 6.07) is 16.8. The lowest BCUT2D eigenvalue weighted by Crippen LogP contribution is -2.47. The molecule has 0 spiro atoms. The van der Waals surface area contributed by atoms with E-state index < -0.39 is 0 Å². The van der Waals surface area contributed by atoms with Gasteiger partial charge in [0, 0.05) is 50.7 Å². The second-order valence-electron chi connectivity index (χ2n) is 7.32. The van der Waals surface area contributed by atoms with Crippen LogP contribution in [0.4, 0.5) is 23.1 Å². The maximum Gasteiger partial charge on any atom is 0.138 e. The van der Waals surface area contributed by atoms with E-state index in [1.807, 2.05) is 25.3 Å². The minimum Gasteiger partial charge on any atom is -0.353 e. The van der Waals surface area contributed by atoms with Gasteiger partial charge in [0.05, 0.1) is 0 Å². The third-order valence-corrected chi connectivity index (χ3v) is 5.55. The van der Waals surface area contributed by atoms with Crippen molar-refractivity contribution in [3.8, 4) is 0 Å². The molecule has 0 atom stereocenters. The largest absolute Gasteiger partial charge is 0.353 e. The molecule has 6 nitrogen and oxygen atoms in total. The number of benzene rings is 1. The van der Waals surface area contributed by atoms with Crippen LogP contribution in [0.1, 0.15) is 11.4 Å². The average Bonchev–Trinajstić information content (AvgIpc) is 3.18. The average molecular weight is 372 g/mol. The summed E-state index contributed by atoms with van der Waals surface area (Å²) in [5, 5.41) is 0. The van der Waals surface area contributed by atoms with Gasteiger partial charge in [0.25, 0.3) is 0 Å². The predicted molar refractivity (Wildman–Crippen MR) is 113 cm³/mol. The highest BCUT2D eigenvalue weighted by molar-refractivity contribution is 5.69. The van der Waals surface area contributed by atoms with Crippen LogP contribution in [0.5, 0.6) is 0 Å². The predicted octanol–water partition coefficient (Wildman–Crippen LogP) is 3.20. The van der Waals surface area contributed by atoms with Gasteiger partial charge in [-0.2, -0.15) is 0 Å². The standard InChI is InChI=1S/C22H24N6/c1-17-24-21(27-14-12-26(13-15-27)20-8-4-5-10-23-20)16-22(25-17)28-11-9-18-6-2-3-7-19(18)28/h2-8,10,16H,9,11-15H2,1H3. The zero-order valence-electron chi connectivity index (χ0n) is 16.1. The fourth-order valence-electron chi connectivity index (χ4n) is 4.12. The Balaban J connectivity index is 1.36. The van der Waals surface area contributed by atoms with Crippen molar-refractivity contribution >= 4 is 23.1 Å². The van der Waals surface area contributed by atoms with Crippen molar-refractivity contribution in [3.63, 3.8) is 0 Å². The lowest BCUT2D eigenvalue weighted by atomic mass is 10.2. The van der Waals surface area contributed by atoms with Gasteiger partial charge in [-0.1, -0.05) is 24.3 Å². The van der Waals surface area contributed by atoms with E-state index in [2.05, 4.69) is 56.1 Å². The van der Waals surface area contributed by atoms with Crippen LogP contribution in [-0.4, -0.2) is 47.7 Å². The zero-order chi connectivity index (χ0) is 18.9. The molecule has 2 aliphatic rings. The quantitative estimate of drug-likeness (QED) is 0.704. The van der Waals surface area contributed by atoms with Gasteiger partial charge in [0.15, 0.2) is 0 Å². The molecule has 0 aliphatic carbocycles. The third-order valence-electron chi connectivity index (χ3n) is 5.55. The fraction of sp³-hybridized carbons (Fsp3) is 0.318. The minimum atomic E-state index is 0.823. The van der Waals surface area contributed by atoms with Gasteiger partial charge in [-0.3, -0.25) is 0 Å². The second kappa shape index (κ2) is 7.11. The number of para-hydroxylation sites is 1. The number of piperazine rings is 1. The molecule has 0 bridgehead atoms. The summed E-state index contributed by atoms with van der Waals surface area (Å²) in [6.07, 6.45) is 2.92. The third kappa shape index (κ3) is 3.15. The molecule has 142 valence electrons. The Morgan fingerprint density at radius 2 is 1.46 bits per heavy atom. The SMILES string of the molecule is Cc1nc(N2CCN(c3ccccn3)CC2)cc(N2CCc3ccccc32)n1. The van der Waals surface area contributed by atoms with Gasteiger partial charge in [0.1, 0.15) is 23.3 Å². The molecule has 1 fully saturated rings. The minimum absolute atomic E-state index is 0.823. The Morgan fingerprint density at radius 1 is 0.750 bits per heavy atom. The number of anilines is 4. The smallest absolute Gasteiger partial charge is 0.138 e. The number of nitrogens with zero attached hydrogens (tertiary/aromatic N) is 6. The Bertz CT molecular complexity index is 966. The van der Waals surface area contributed by atoms with Crippen LogP contribution >= 0.6 is 0 Å². The molecule has 0 unspecified atom stereocenters. The summed E-state index contributed by atoms with van der Waals surface area (Å²) in [4.78, 5) is 21.0. The van der Waals surface area contributed by atoms with E-state index in [0.29, 0.717) is 0 Å². The highest BCUT2D eigenvalue weighted by Crippen LogP contribution is 2.34. The Kier molecular flexibility index (Phi) is 4.31. The molecular formula is C22H24N6. The monoisotopic (exact) mass is 372 g/mol. The van der Waals surface area contributed by atoms with Gasteiger partial charge >= 0.3 is 0 Å². The van der Waals surface area contributed by atoms with Crippen LogP contribution in [0.2, 0.25) is 0 Å². The molecule has 2 aliphatic heterocycles. The number of rotatable bonds is 3. The van der Waals surface area contributed by atoms with Crippen LogP contribution in [0.15, 0.2) is 54.7 Å². The maximum absolute atomic E-state index is 4.74. The molecule has 6 heteroatoms. The highest BCUT2D eigenvalue weighted by Gasteiger charge is 2.24. The van der Waals surface area contributed by atoms with Crippen molar-refractivity contribution in [2.75, 3.05) is 47.4 Å². The summed E-state index contributed by atoms with van der Waals surface area (Å²) >= 11 is 0. The van der Waals surface area contributed by atoms with Crippen molar-refractivity contribution < 1.29 is 0 Å². The van der Waals surface area contributed by atoms with Crippen molar-refractivity contribution in [2.24, 2.45) is 0 Å². The summed E-state index contributed by atoms with van der Waals surface area (Å²) in [7, 11) is 0. The van der Waals surface area contributed by atoms with E-state index in [9.17, 15) is 0 Å². The Labute approximate surface area is 165 Å². The van der Waals surface area contributed by atoms with Gasteiger partial charge in [-0.05, 0) is 37.1 Å². The normalized spacial score (nSPS) is 16.4. The molecule has 28 heavy (non-hydrogen) atoms. The summed E-state index contributed by atoms with van der Waals surface area (Å²) in [6.45, 7) is 6.72. The van der Waals surface area contributed by atoms with Crippen LogP contribution in [0.25, 0.3) is 0 Å². The van der Waals surface area contributed by atoms with Gasteiger partial charge in [0.2, 0.25) is 0 Å². The first kappa shape index (κ1) is 17.0. The molecule has 3 aromatic rings. The number of hydrogen-bond donors (Lipinski definition) is 0. The van der Waals surface area contributed by atoms with E-state index in [-0.39, 0.29) is 0 Å². The first-order chi connectivity index (χ1) is 13.8. The number of aromatic nitrogens is 3. The van der Waals surface area contributed by atoms with Gasteiger partial charge in [-0.25, -0.2) is 15.0 Å². The van der Waals surface area contributed by atoms with Crippen molar-refractivity contribution in [3.05, 3.63) is 66.1 Å². The topological polar surface area (TPSA) is 48.4 Å². The number of fused-ring (bicyclic) bond motifs is 1. The molecule has 2 aromatic heterocycles. The van der Waals surface area contributed by atoms with Crippen molar-refractivity contribution in [2.45, 2.75) is 13.3 Å². The molecular weight excluding hydrogens is 348 g/mol. The summed E-state index contributed by atoms with van der Waals surface area (Å²) in [5.41, 5.74) is 2.66. The summed E-state index contributed by atoms with van der Waals surface area (Å²) in [5.74, 6) is 3.89. The lowest BCUT2D eigenvalue weighted by Gasteiger charge is -2.36. The van der Waals surface area contributed by atoms with E-state index in [1.165, 1.54) is 11.3 Å². The molecule has 0 saturated carbocycles. The molecule has 0 amide bonds. The zero-order valence-corrected chi connectivity index (χ0v) is 16.1. The van der Waals surface area contributed by atoms with E-state index >= 15 is 0 Å². The number of hydrogen-bond acceptors (Lipinski definition) is 6. The Morgan fingerprint density at radius 3 is 2.25 bits per heavy atom. The highest BCUT2D eigenvalue weighted by atomic mass is 15.3. The molecule has 0 N–H and O–H groups in total. The van der Waals surface area contributed by atoms with E-state index in [0.717, 1.165) is 62.4 Å². The number of pyridine rings is 1. The molecule has 4 heterocycles. The maximum atomic E-state index is 4.74. The molecule has 1 aromatic carbocycles. The first-order valence-corrected chi connectivity index (χ1v) is 9.90. The lowest BCUT2D eigenvalue weighted by molar-refractivity contribution is 0.640. The summed E-state index contributed by atoms with van der Waals surface area (Å²) < 4.78 is 0. The van der Waals surface area contributed by atoms with Gasteiger partial charge in [-0.15, -0.1) is 0 Å². The van der Waals surface area contributed by atoms with Gasteiger partial charge < -0.3 is 14.7 Å². The van der Waals surface area contributed by atoms with E-state index in [4.69, 9.17) is 9.97 Å². The van der Waals surface area contributed by atoms with Crippen LogP contribution < -0.4 is 14.7 Å². The second-order valence-corrected chi connectivity index (χ2v) is 7.32. The first-order valence-electron chi connectivity index (χ1n) is 9.90. The van der Waals surface area contributed by atoms with Crippen LogP contribution in [-0.2, 0) is 6.42 Å². The molecule has 1 saturated heterocycles. The fourth-order valence-corrected chi connectivity index (χ4v) is 4.12.